The lowest BCUT2D eigenvalue weighted by atomic mass is 9.79. The van der Waals surface area contributed by atoms with Gasteiger partial charge in [-0.3, -0.25) is 4.79 Å². The Morgan fingerprint density at radius 3 is 2.80 bits per heavy atom. The summed E-state index contributed by atoms with van der Waals surface area (Å²) in [5.41, 5.74) is -0.757. The molecule has 0 aromatic heterocycles. The van der Waals surface area contributed by atoms with E-state index in [1.165, 1.54) is 7.11 Å². The molecule has 0 bridgehead atoms. The van der Waals surface area contributed by atoms with Crippen molar-refractivity contribution in [3.05, 3.63) is 11.6 Å². The van der Waals surface area contributed by atoms with Crippen molar-refractivity contribution in [1.82, 2.24) is 0 Å². The number of aliphatic hydroxyl groups is 1. The molecule has 0 saturated heterocycles. The number of rotatable bonds is 4. The van der Waals surface area contributed by atoms with Gasteiger partial charge in [-0.05, 0) is 32.1 Å². The van der Waals surface area contributed by atoms with E-state index in [1.807, 2.05) is 0 Å². The van der Waals surface area contributed by atoms with E-state index >= 15 is 0 Å². The van der Waals surface area contributed by atoms with Crippen LogP contribution < -0.4 is 0 Å². The molecule has 0 radical (unpaired) electrons. The van der Waals surface area contributed by atoms with Crippen molar-refractivity contribution in [3.63, 3.8) is 0 Å². The van der Waals surface area contributed by atoms with Crippen LogP contribution in [0.2, 0.25) is 0 Å². The number of allylic oxidation sites excluding steroid dienone is 1. The Bertz CT molecular complexity index is 265. The number of carbonyl (C=O) groups excluding carboxylic acids is 1. The molecule has 4 heteroatoms. The summed E-state index contributed by atoms with van der Waals surface area (Å²) in [6.07, 6.45) is 2.62. The van der Waals surface area contributed by atoms with Gasteiger partial charge in [-0.1, -0.05) is 18.2 Å². The van der Waals surface area contributed by atoms with Gasteiger partial charge in [0.2, 0.25) is 0 Å². The molecule has 1 aliphatic rings. The van der Waals surface area contributed by atoms with E-state index in [-0.39, 0.29) is 5.97 Å². The van der Waals surface area contributed by atoms with Crippen LogP contribution in [0.3, 0.4) is 0 Å². The number of halogens is 1. The van der Waals surface area contributed by atoms with Crippen LogP contribution >= 0.6 is 11.6 Å². The molecule has 0 aliphatic heterocycles. The van der Waals surface area contributed by atoms with E-state index in [9.17, 15) is 9.90 Å². The van der Waals surface area contributed by atoms with Gasteiger partial charge in [-0.15, -0.1) is 0 Å². The predicted octanol–water partition coefficient (Wildman–Crippen LogP) is 2.22. The largest absolute Gasteiger partial charge is 0.469 e. The van der Waals surface area contributed by atoms with Crippen LogP contribution in [0.15, 0.2) is 11.6 Å². The summed E-state index contributed by atoms with van der Waals surface area (Å²) < 4.78 is 4.77. The Labute approximate surface area is 95.1 Å². The molecule has 1 aliphatic carbocycles. The topological polar surface area (TPSA) is 46.5 Å². The SMILES string of the molecule is C=C(Cl)CC[C@@]1(C(=O)OC)CCC[C@@H]1O. The Hall–Kier alpha value is -0.540. The van der Waals surface area contributed by atoms with Crippen molar-refractivity contribution >= 4 is 17.6 Å². The van der Waals surface area contributed by atoms with Crippen LogP contribution in [0.4, 0.5) is 0 Å². The van der Waals surface area contributed by atoms with Gasteiger partial charge in [0.25, 0.3) is 0 Å². The van der Waals surface area contributed by atoms with Crippen molar-refractivity contribution < 1.29 is 14.6 Å². The third kappa shape index (κ3) is 2.52. The third-order valence-corrected chi connectivity index (χ3v) is 3.36. The van der Waals surface area contributed by atoms with Gasteiger partial charge in [-0.2, -0.15) is 0 Å². The Balaban J connectivity index is 2.76. The first-order valence-electron chi connectivity index (χ1n) is 5.12. The van der Waals surface area contributed by atoms with E-state index in [2.05, 4.69) is 6.58 Å². The van der Waals surface area contributed by atoms with Gasteiger partial charge in [0, 0.05) is 5.03 Å². The molecule has 1 N–H and O–H groups in total. The molecular weight excluding hydrogens is 216 g/mol. The molecule has 1 fully saturated rings. The highest BCUT2D eigenvalue weighted by Crippen LogP contribution is 2.44. The molecule has 0 amide bonds. The molecule has 3 nitrogen and oxygen atoms in total. The lowest BCUT2D eigenvalue weighted by Gasteiger charge is -2.29. The van der Waals surface area contributed by atoms with Crippen LogP contribution in [0.5, 0.6) is 0 Å². The van der Waals surface area contributed by atoms with Crippen molar-refractivity contribution in [2.24, 2.45) is 5.41 Å². The average Bonchev–Trinajstić information content (AvgIpc) is 2.57. The third-order valence-electron chi connectivity index (χ3n) is 3.17. The quantitative estimate of drug-likeness (QED) is 0.756. The van der Waals surface area contributed by atoms with Crippen LogP contribution in [0, 0.1) is 5.41 Å². The number of esters is 1. The van der Waals surface area contributed by atoms with E-state index in [4.69, 9.17) is 16.3 Å². The van der Waals surface area contributed by atoms with Gasteiger partial charge < -0.3 is 9.84 Å². The van der Waals surface area contributed by atoms with E-state index < -0.39 is 11.5 Å². The smallest absolute Gasteiger partial charge is 0.314 e. The van der Waals surface area contributed by atoms with E-state index in [0.717, 1.165) is 6.42 Å². The summed E-state index contributed by atoms with van der Waals surface area (Å²) in [6, 6.07) is 0. The molecule has 1 rings (SSSR count). The van der Waals surface area contributed by atoms with Crippen LogP contribution in [-0.2, 0) is 9.53 Å². The maximum atomic E-state index is 11.7. The first-order valence-corrected chi connectivity index (χ1v) is 5.50. The number of ether oxygens (including phenoxy) is 1. The summed E-state index contributed by atoms with van der Waals surface area (Å²) in [6.45, 7) is 3.59. The Morgan fingerprint density at radius 2 is 2.40 bits per heavy atom. The number of aliphatic hydroxyl groups excluding tert-OH is 1. The maximum absolute atomic E-state index is 11.7. The van der Waals surface area contributed by atoms with Gasteiger partial charge in [-0.25, -0.2) is 0 Å². The summed E-state index contributed by atoms with van der Waals surface area (Å²) >= 11 is 5.69. The molecule has 0 aromatic rings. The molecule has 1 saturated carbocycles. The van der Waals surface area contributed by atoms with Gasteiger partial charge in [0.05, 0.1) is 18.6 Å². The second-order valence-electron chi connectivity index (χ2n) is 4.07. The van der Waals surface area contributed by atoms with Crippen molar-refractivity contribution in [2.45, 2.75) is 38.2 Å². The second kappa shape index (κ2) is 4.99. The number of carbonyl (C=O) groups is 1. The molecule has 86 valence electrons. The normalized spacial score (nSPS) is 30.2. The molecule has 15 heavy (non-hydrogen) atoms. The second-order valence-corrected chi connectivity index (χ2v) is 4.61. The van der Waals surface area contributed by atoms with Crippen LogP contribution in [0.25, 0.3) is 0 Å². The molecule has 0 aromatic carbocycles. The standard InChI is InChI=1S/C11H17ClO3/c1-8(12)5-7-11(10(14)15-2)6-3-4-9(11)13/h9,13H,1,3-7H2,2H3/t9-,11-/m0/s1. The van der Waals surface area contributed by atoms with Crippen LogP contribution in [0.1, 0.15) is 32.1 Å². The van der Waals surface area contributed by atoms with Crippen molar-refractivity contribution in [1.29, 1.82) is 0 Å². The average molecular weight is 233 g/mol. The zero-order valence-corrected chi connectivity index (χ0v) is 9.72. The summed E-state index contributed by atoms with van der Waals surface area (Å²) in [5, 5.41) is 10.4. The van der Waals surface area contributed by atoms with Gasteiger partial charge in [0.1, 0.15) is 0 Å². The maximum Gasteiger partial charge on any atom is 0.314 e. The van der Waals surface area contributed by atoms with Crippen LogP contribution in [-0.4, -0.2) is 24.3 Å². The summed E-state index contributed by atoms with van der Waals surface area (Å²) in [7, 11) is 1.35. The molecule has 0 heterocycles. The minimum absolute atomic E-state index is 0.328. The monoisotopic (exact) mass is 232 g/mol. The highest BCUT2D eigenvalue weighted by atomic mass is 35.5. The first kappa shape index (κ1) is 12.5. The van der Waals surface area contributed by atoms with Gasteiger partial charge in [0.15, 0.2) is 0 Å². The lowest BCUT2D eigenvalue weighted by molar-refractivity contribution is -0.159. The predicted molar refractivity (Wildman–Crippen MR) is 58.5 cm³/mol. The minimum atomic E-state index is -0.757. The Kier molecular flexibility index (Phi) is 4.17. The molecular formula is C11H17ClO3. The number of methoxy groups -OCH3 is 1. The van der Waals surface area contributed by atoms with Gasteiger partial charge >= 0.3 is 5.97 Å². The fourth-order valence-electron chi connectivity index (χ4n) is 2.25. The Morgan fingerprint density at radius 1 is 1.73 bits per heavy atom. The zero-order chi connectivity index (χ0) is 11.5. The highest BCUT2D eigenvalue weighted by molar-refractivity contribution is 6.29. The van der Waals surface area contributed by atoms with E-state index in [1.54, 1.807) is 0 Å². The lowest BCUT2D eigenvalue weighted by Crippen LogP contribution is -2.39. The fourth-order valence-corrected chi connectivity index (χ4v) is 2.34. The molecule has 0 spiro atoms. The number of hydrogen-bond acceptors (Lipinski definition) is 3. The highest BCUT2D eigenvalue weighted by Gasteiger charge is 2.48. The number of hydrogen-bond donors (Lipinski definition) is 1. The van der Waals surface area contributed by atoms with Crippen molar-refractivity contribution in [3.8, 4) is 0 Å². The fraction of sp³-hybridized carbons (Fsp3) is 0.727. The zero-order valence-electron chi connectivity index (χ0n) is 8.96. The van der Waals surface area contributed by atoms with Crippen molar-refractivity contribution in [2.75, 3.05) is 7.11 Å². The molecule has 2 atom stereocenters. The summed E-state index contributed by atoms with van der Waals surface area (Å²) in [4.78, 5) is 11.7. The first-order chi connectivity index (χ1) is 7.03. The minimum Gasteiger partial charge on any atom is -0.469 e. The van der Waals surface area contributed by atoms with E-state index in [0.29, 0.717) is 30.7 Å². The molecule has 0 unspecified atom stereocenters. The summed E-state index contributed by atoms with van der Waals surface area (Å²) in [5.74, 6) is -0.328.